The van der Waals surface area contributed by atoms with E-state index < -0.39 is 5.97 Å². The van der Waals surface area contributed by atoms with E-state index in [4.69, 9.17) is 5.11 Å². The summed E-state index contributed by atoms with van der Waals surface area (Å²) in [4.78, 5) is 11.0. The second-order valence-electron chi connectivity index (χ2n) is 3.77. The van der Waals surface area contributed by atoms with Crippen molar-refractivity contribution in [3.05, 3.63) is 29.3 Å². The van der Waals surface area contributed by atoms with Gasteiger partial charge in [0, 0.05) is 0 Å². The number of carboxylic acids is 1. The molecule has 1 atom stereocenters. The Kier molecular flexibility index (Phi) is 3.72. The molecule has 2 N–H and O–H groups in total. The van der Waals surface area contributed by atoms with E-state index in [0.29, 0.717) is 5.56 Å². The highest BCUT2D eigenvalue weighted by Gasteiger charge is 2.15. The average Bonchev–Trinajstić information content (AvgIpc) is 2.17. The Morgan fingerprint density at radius 3 is 2.67 bits per heavy atom. The Morgan fingerprint density at radius 1 is 1.47 bits per heavy atom. The van der Waals surface area contributed by atoms with E-state index in [2.05, 4.69) is 6.92 Å². The van der Waals surface area contributed by atoms with Gasteiger partial charge in [0.1, 0.15) is 5.75 Å². The lowest BCUT2D eigenvalue weighted by Gasteiger charge is -2.13. The minimum absolute atomic E-state index is 0.123. The zero-order chi connectivity index (χ0) is 11.4. The average molecular weight is 208 g/mol. The molecule has 3 nitrogen and oxygen atoms in total. The third kappa shape index (κ3) is 2.72. The lowest BCUT2D eigenvalue weighted by Crippen LogP contribution is -2.05. The lowest BCUT2D eigenvalue weighted by molar-refractivity contribution is 0.0695. The molecule has 1 aromatic carbocycles. The maximum atomic E-state index is 11.0. The van der Waals surface area contributed by atoms with Crippen molar-refractivity contribution in [2.45, 2.75) is 32.6 Å². The first-order valence-electron chi connectivity index (χ1n) is 5.12. The molecule has 0 aliphatic heterocycles. The van der Waals surface area contributed by atoms with Crippen LogP contribution in [0.5, 0.6) is 5.75 Å². The second-order valence-corrected chi connectivity index (χ2v) is 3.77. The molecule has 0 saturated heterocycles. The molecule has 0 spiro atoms. The topological polar surface area (TPSA) is 57.5 Å². The molecule has 0 fully saturated rings. The van der Waals surface area contributed by atoms with Crippen LogP contribution in [0.1, 0.15) is 48.5 Å². The predicted molar refractivity (Wildman–Crippen MR) is 58.4 cm³/mol. The molecule has 0 saturated carbocycles. The zero-order valence-electron chi connectivity index (χ0n) is 9.03. The first-order valence-corrected chi connectivity index (χ1v) is 5.12. The van der Waals surface area contributed by atoms with Gasteiger partial charge in [-0.2, -0.15) is 0 Å². The molecule has 0 bridgehead atoms. The van der Waals surface area contributed by atoms with Crippen molar-refractivity contribution in [3.8, 4) is 5.75 Å². The number of aromatic carboxylic acids is 1. The van der Waals surface area contributed by atoms with E-state index >= 15 is 0 Å². The molecule has 0 aliphatic carbocycles. The molecular formula is C12H16O3. The summed E-state index contributed by atoms with van der Waals surface area (Å²) in [5.74, 6) is -0.654. The summed E-state index contributed by atoms with van der Waals surface area (Å²) >= 11 is 0. The van der Waals surface area contributed by atoms with Crippen LogP contribution in [-0.4, -0.2) is 16.2 Å². The van der Waals surface area contributed by atoms with Crippen LogP contribution in [0.4, 0.5) is 0 Å². The molecule has 0 aliphatic rings. The monoisotopic (exact) mass is 208 g/mol. The van der Waals surface area contributed by atoms with Gasteiger partial charge in [-0.25, -0.2) is 4.79 Å². The molecule has 1 unspecified atom stereocenters. The molecule has 0 heterocycles. The van der Waals surface area contributed by atoms with Crippen LogP contribution < -0.4 is 0 Å². The first kappa shape index (κ1) is 11.6. The predicted octanol–water partition coefficient (Wildman–Crippen LogP) is 2.99. The molecule has 15 heavy (non-hydrogen) atoms. The fourth-order valence-electron chi connectivity index (χ4n) is 1.74. The van der Waals surface area contributed by atoms with Gasteiger partial charge in [0.2, 0.25) is 0 Å². The van der Waals surface area contributed by atoms with Gasteiger partial charge in [-0.15, -0.1) is 0 Å². The van der Waals surface area contributed by atoms with Crippen LogP contribution in [0.2, 0.25) is 0 Å². The number of hydrogen-bond acceptors (Lipinski definition) is 2. The van der Waals surface area contributed by atoms with E-state index in [1.54, 1.807) is 6.07 Å². The summed E-state index contributed by atoms with van der Waals surface area (Å²) < 4.78 is 0. The summed E-state index contributed by atoms with van der Waals surface area (Å²) in [6, 6.07) is 4.41. The van der Waals surface area contributed by atoms with Crippen molar-refractivity contribution in [3.63, 3.8) is 0 Å². The molecule has 0 aromatic heterocycles. The van der Waals surface area contributed by atoms with Crippen molar-refractivity contribution >= 4 is 5.97 Å². The van der Waals surface area contributed by atoms with Crippen LogP contribution in [0.25, 0.3) is 0 Å². The van der Waals surface area contributed by atoms with E-state index in [0.717, 1.165) is 12.8 Å². The van der Waals surface area contributed by atoms with Crippen molar-refractivity contribution in [1.82, 2.24) is 0 Å². The third-order valence-corrected chi connectivity index (χ3v) is 2.52. The molecular weight excluding hydrogens is 192 g/mol. The van der Waals surface area contributed by atoms with E-state index in [-0.39, 0.29) is 17.2 Å². The van der Waals surface area contributed by atoms with Crippen molar-refractivity contribution in [2.24, 2.45) is 0 Å². The van der Waals surface area contributed by atoms with E-state index in [9.17, 15) is 9.90 Å². The number of carbonyl (C=O) groups is 1. The third-order valence-electron chi connectivity index (χ3n) is 2.52. The molecule has 82 valence electrons. The fraction of sp³-hybridized carbons (Fsp3) is 0.417. The number of rotatable bonds is 4. The molecule has 1 rings (SSSR count). The highest BCUT2D eigenvalue weighted by atomic mass is 16.4. The molecule has 0 radical (unpaired) electrons. The number of phenolic OH excluding ortho intramolecular Hbond substituents is 1. The smallest absolute Gasteiger partial charge is 0.335 e. The molecule has 1 aromatic rings. The van der Waals surface area contributed by atoms with Gasteiger partial charge in [0.15, 0.2) is 0 Å². The SMILES string of the molecule is CCCC(C)c1cc(O)ccc1C(=O)O. The second kappa shape index (κ2) is 4.82. The van der Waals surface area contributed by atoms with Crippen molar-refractivity contribution in [1.29, 1.82) is 0 Å². The Labute approximate surface area is 89.4 Å². The van der Waals surface area contributed by atoms with Crippen molar-refractivity contribution < 1.29 is 15.0 Å². The van der Waals surface area contributed by atoms with Gasteiger partial charge in [0.05, 0.1) is 5.56 Å². The maximum Gasteiger partial charge on any atom is 0.335 e. The largest absolute Gasteiger partial charge is 0.508 e. The summed E-state index contributed by atoms with van der Waals surface area (Å²) in [6.07, 6.45) is 1.92. The highest BCUT2D eigenvalue weighted by Crippen LogP contribution is 2.27. The fourth-order valence-corrected chi connectivity index (χ4v) is 1.74. The summed E-state index contributed by atoms with van der Waals surface area (Å²) in [6.45, 7) is 4.03. The quantitative estimate of drug-likeness (QED) is 0.799. The van der Waals surface area contributed by atoms with Gasteiger partial charge >= 0.3 is 5.97 Å². The van der Waals surface area contributed by atoms with E-state index in [1.807, 2.05) is 6.92 Å². The minimum atomic E-state index is -0.937. The molecule has 3 heteroatoms. The van der Waals surface area contributed by atoms with Crippen LogP contribution in [0, 0.1) is 0 Å². The normalized spacial score (nSPS) is 12.4. The Morgan fingerprint density at radius 2 is 2.13 bits per heavy atom. The number of hydrogen-bond donors (Lipinski definition) is 2. The number of carboxylic acid groups (broad SMARTS) is 1. The Bertz CT molecular complexity index is 358. The van der Waals surface area contributed by atoms with Crippen LogP contribution in [0.15, 0.2) is 18.2 Å². The number of benzene rings is 1. The van der Waals surface area contributed by atoms with E-state index in [1.165, 1.54) is 12.1 Å². The number of aromatic hydroxyl groups is 1. The highest BCUT2D eigenvalue weighted by molar-refractivity contribution is 5.89. The summed E-state index contributed by atoms with van der Waals surface area (Å²) in [7, 11) is 0. The Hall–Kier alpha value is -1.51. The standard InChI is InChI=1S/C12H16O3/c1-3-4-8(2)11-7-9(13)5-6-10(11)12(14)15/h5-8,13H,3-4H2,1-2H3,(H,14,15). The van der Waals surface area contributed by atoms with Gasteiger partial charge in [-0.1, -0.05) is 20.3 Å². The van der Waals surface area contributed by atoms with Gasteiger partial charge in [-0.05, 0) is 36.1 Å². The van der Waals surface area contributed by atoms with Gasteiger partial charge < -0.3 is 10.2 Å². The summed E-state index contributed by atoms with van der Waals surface area (Å²) in [5, 5.41) is 18.3. The zero-order valence-corrected chi connectivity index (χ0v) is 9.03. The number of phenols is 1. The minimum Gasteiger partial charge on any atom is -0.508 e. The maximum absolute atomic E-state index is 11.0. The van der Waals surface area contributed by atoms with Gasteiger partial charge in [0.25, 0.3) is 0 Å². The van der Waals surface area contributed by atoms with Crippen LogP contribution >= 0.6 is 0 Å². The summed E-state index contributed by atoms with van der Waals surface area (Å²) in [5.41, 5.74) is 0.998. The molecule has 0 amide bonds. The van der Waals surface area contributed by atoms with Crippen molar-refractivity contribution in [2.75, 3.05) is 0 Å². The lowest BCUT2D eigenvalue weighted by atomic mass is 9.92. The van der Waals surface area contributed by atoms with Gasteiger partial charge in [-0.3, -0.25) is 0 Å². The van der Waals surface area contributed by atoms with Crippen LogP contribution in [-0.2, 0) is 0 Å². The van der Waals surface area contributed by atoms with Crippen LogP contribution in [0.3, 0.4) is 0 Å². The first-order chi connectivity index (χ1) is 7.06. The Balaban J connectivity index is 3.12.